The van der Waals surface area contributed by atoms with Gasteiger partial charge in [0.2, 0.25) is 0 Å². The zero-order valence-electron chi connectivity index (χ0n) is 23.2. The summed E-state index contributed by atoms with van der Waals surface area (Å²) in [5.74, 6) is 7.39. The molecule has 4 heteroatoms. The van der Waals surface area contributed by atoms with Gasteiger partial charge in [0.25, 0.3) is 0 Å². The summed E-state index contributed by atoms with van der Waals surface area (Å²) >= 11 is 0. The molecule has 0 aliphatic heterocycles. The number of rotatable bonds is 14. The quantitative estimate of drug-likeness (QED) is 0.250. The highest BCUT2D eigenvalue weighted by atomic mass is 16.5. The maximum absolute atomic E-state index is 6.23. The van der Waals surface area contributed by atoms with E-state index in [9.17, 15) is 0 Å². The van der Waals surface area contributed by atoms with Crippen LogP contribution in [-0.2, 0) is 9.47 Å². The number of ether oxygens (including phenoxy) is 2. The van der Waals surface area contributed by atoms with Crippen molar-refractivity contribution in [1.82, 2.24) is 0 Å². The molecule has 0 amide bonds. The van der Waals surface area contributed by atoms with E-state index < -0.39 is 0 Å². The molecule has 0 fully saturated rings. The van der Waals surface area contributed by atoms with Gasteiger partial charge in [-0.05, 0) is 47.3 Å². The summed E-state index contributed by atoms with van der Waals surface area (Å²) in [6, 6.07) is 0. The molecule has 32 heavy (non-hydrogen) atoms. The van der Waals surface area contributed by atoms with Gasteiger partial charge in [0.1, 0.15) is 0 Å². The molecule has 0 aromatic rings. The van der Waals surface area contributed by atoms with Crippen LogP contribution >= 0.6 is 0 Å². The van der Waals surface area contributed by atoms with Crippen molar-refractivity contribution in [1.29, 1.82) is 0 Å². The second-order valence-electron chi connectivity index (χ2n) is 13.5. The van der Waals surface area contributed by atoms with E-state index in [0.29, 0.717) is 38.3 Å². The van der Waals surface area contributed by atoms with Crippen LogP contribution < -0.4 is 11.5 Å². The van der Waals surface area contributed by atoms with E-state index in [1.807, 2.05) is 0 Å². The SMILES string of the molecule is CC(C)(C)CC(C)(C)CC#CC(CC(C)(C)CC(C)(C)C)C(CCOCCN)OCCN. The summed E-state index contributed by atoms with van der Waals surface area (Å²) in [6.45, 7) is 26.1. The molecule has 4 nitrogen and oxygen atoms in total. The summed E-state index contributed by atoms with van der Waals surface area (Å²) in [6.07, 6.45) is 5.03. The van der Waals surface area contributed by atoms with Crippen LogP contribution in [0.15, 0.2) is 0 Å². The van der Waals surface area contributed by atoms with Gasteiger partial charge in [-0.25, -0.2) is 0 Å². The first-order valence-corrected chi connectivity index (χ1v) is 12.6. The molecular weight excluding hydrogens is 396 g/mol. The molecule has 190 valence electrons. The molecule has 0 spiro atoms. The summed E-state index contributed by atoms with van der Waals surface area (Å²) in [4.78, 5) is 0. The topological polar surface area (TPSA) is 70.5 Å². The molecule has 0 aliphatic rings. The summed E-state index contributed by atoms with van der Waals surface area (Å²) in [5.41, 5.74) is 12.3. The first kappa shape index (κ1) is 31.4. The molecular formula is C28H56N2O2. The van der Waals surface area contributed by atoms with Gasteiger partial charge in [0, 0.05) is 32.0 Å². The van der Waals surface area contributed by atoms with Crippen molar-refractivity contribution in [2.45, 2.75) is 107 Å². The minimum atomic E-state index is 0.0220. The first-order chi connectivity index (χ1) is 14.5. The summed E-state index contributed by atoms with van der Waals surface area (Å²) < 4.78 is 11.9. The van der Waals surface area contributed by atoms with Crippen LogP contribution in [0.5, 0.6) is 0 Å². The Bertz CT molecular complexity index is 559. The maximum Gasteiger partial charge on any atom is 0.0735 e. The van der Waals surface area contributed by atoms with Crippen LogP contribution in [0.2, 0.25) is 0 Å². The summed E-state index contributed by atoms with van der Waals surface area (Å²) in [5, 5.41) is 0. The zero-order chi connectivity index (χ0) is 25.1. The highest BCUT2D eigenvalue weighted by molar-refractivity contribution is 5.09. The molecule has 0 saturated heterocycles. The van der Waals surface area contributed by atoms with E-state index in [2.05, 4.69) is 81.1 Å². The molecule has 0 saturated carbocycles. The Morgan fingerprint density at radius 2 is 1.25 bits per heavy atom. The fraction of sp³-hybridized carbons (Fsp3) is 0.929. The molecule has 2 atom stereocenters. The van der Waals surface area contributed by atoms with Gasteiger partial charge in [-0.2, -0.15) is 0 Å². The van der Waals surface area contributed by atoms with E-state index >= 15 is 0 Å². The van der Waals surface area contributed by atoms with Crippen LogP contribution in [0.3, 0.4) is 0 Å². The van der Waals surface area contributed by atoms with Gasteiger partial charge in [-0.3, -0.25) is 0 Å². The van der Waals surface area contributed by atoms with E-state index in [-0.39, 0.29) is 28.3 Å². The lowest BCUT2D eigenvalue weighted by Crippen LogP contribution is -2.32. The predicted octanol–water partition coefficient (Wildman–Crippen LogP) is 6.02. The van der Waals surface area contributed by atoms with Gasteiger partial charge in [0.05, 0.1) is 19.3 Å². The molecule has 0 aliphatic carbocycles. The Hall–Kier alpha value is -0.600. The van der Waals surface area contributed by atoms with Crippen LogP contribution in [0.1, 0.15) is 101 Å². The molecule has 4 N–H and O–H groups in total. The normalized spacial score (nSPS) is 15.2. The van der Waals surface area contributed by atoms with E-state index in [1.165, 1.54) is 0 Å². The van der Waals surface area contributed by atoms with Crippen molar-refractivity contribution < 1.29 is 9.47 Å². The van der Waals surface area contributed by atoms with Gasteiger partial charge in [-0.15, -0.1) is 5.92 Å². The molecule has 0 radical (unpaired) electrons. The number of hydrogen-bond donors (Lipinski definition) is 2. The van der Waals surface area contributed by atoms with Gasteiger partial charge in [-0.1, -0.05) is 75.2 Å². The van der Waals surface area contributed by atoms with Crippen molar-refractivity contribution in [2.24, 2.45) is 39.0 Å². The average Bonchev–Trinajstić information content (AvgIpc) is 2.55. The fourth-order valence-corrected chi connectivity index (χ4v) is 5.30. The Kier molecular flexibility index (Phi) is 13.7. The van der Waals surface area contributed by atoms with Crippen molar-refractivity contribution in [3.8, 4) is 11.8 Å². The molecule has 0 bridgehead atoms. The molecule has 0 aromatic heterocycles. The Morgan fingerprint density at radius 1 is 0.719 bits per heavy atom. The van der Waals surface area contributed by atoms with E-state index in [1.54, 1.807) is 0 Å². The summed E-state index contributed by atoms with van der Waals surface area (Å²) in [7, 11) is 0. The predicted molar refractivity (Wildman–Crippen MR) is 139 cm³/mol. The van der Waals surface area contributed by atoms with Crippen molar-refractivity contribution in [3.05, 3.63) is 0 Å². The first-order valence-electron chi connectivity index (χ1n) is 12.6. The standard InChI is InChI=1S/C28H56N2O2/c1-25(2,3)21-27(7,8)14-11-12-23(20-28(9,10)22-26(4,5)6)24(32-19-16-30)13-17-31-18-15-29/h23-24H,13-22,29-30H2,1-10H3. The third-order valence-corrected chi connectivity index (χ3v) is 5.35. The highest BCUT2D eigenvalue weighted by Crippen LogP contribution is 2.40. The zero-order valence-corrected chi connectivity index (χ0v) is 23.2. The van der Waals surface area contributed by atoms with Crippen LogP contribution in [-0.4, -0.2) is 39.0 Å². The van der Waals surface area contributed by atoms with E-state index in [0.717, 1.165) is 32.1 Å². The Balaban J connectivity index is 5.63. The van der Waals surface area contributed by atoms with E-state index in [4.69, 9.17) is 20.9 Å². The van der Waals surface area contributed by atoms with Gasteiger partial charge < -0.3 is 20.9 Å². The molecule has 2 unspecified atom stereocenters. The lowest BCUT2D eigenvalue weighted by atomic mass is 9.70. The molecule has 0 aromatic carbocycles. The average molecular weight is 453 g/mol. The van der Waals surface area contributed by atoms with Crippen LogP contribution in [0.25, 0.3) is 0 Å². The second-order valence-corrected chi connectivity index (χ2v) is 13.5. The lowest BCUT2D eigenvalue weighted by Gasteiger charge is -2.36. The number of nitrogens with two attached hydrogens (primary N) is 2. The van der Waals surface area contributed by atoms with Crippen molar-refractivity contribution >= 4 is 0 Å². The smallest absolute Gasteiger partial charge is 0.0735 e. The third kappa shape index (κ3) is 17.0. The minimum Gasteiger partial charge on any atom is -0.380 e. The lowest BCUT2D eigenvalue weighted by molar-refractivity contribution is -0.00714. The largest absolute Gasteiger partial charge is 0.380 e. The molecule has 0 rings (SSSR count). The van der Waals surface area contributed by atoms with Gasteiger partial charge >= 0.3 is 0 Å². The van der Waals surface area contributed by atoms with Crippen molar-refractivity contribution in [2.75, 3.05) is 32.9 Å². The van der Waals surface area contributed by atoms with Crippen LogP contribution in [0, 0.1) is 39.4 Å². The third-order valence-electron chi connectivity index (χ3n) is 5.35. The monoisotopic (exact) mass is 452 g/mol. The van der Waals surface area contributed by atoms with Gasteiger partial charge in [0.15, 0.2) is 0 Å². The second kappa shape index (κ2) is 14.0. The van der Waals surface area contributed by atoms with Crippen LogP contribution in [0.4, 0.5) is 0 Å². The fourth-order valence-electron chi connectivity index (χ4n) is 5.30. The maximum atomic E-state index is 6.23. The Labute approximate surface area is 200 Å². The molecule has 0 heterocycles. The minimum absolute atomic E-state index is 0.0220. The Morgan fingerprint density at radius 3 is 1.75 bits per heavy atom. The number of hydrogen-bond acceptors (Lipinski definition) is 4. The van der Waals surface area contributed by atoms with Crippen molar-refractivity contribution in [3.63, 3.8) is 0 Å². The highest BCUT2D eigenvalue weighted by Gasteiger charge is 2.32.